The molecule has 4 amide bonds. The number of nitrogens with one attached hydrogen (secondary N) is 4. The molecule has 2 aromatic carbocycles. The van der Waals surface area contributed by atoms with Crippen LogP contribution in [0.1, 0.15) is 54.6 Å². The van der Waals surface area contributed by atoms with E-state index in [1.807, 2.05) is 53.4 Å². The summed E-state index contributed by atoms with van der Waals surface area (Å²) in [6.07, 6.45) is 4.94. The molecule has 2 atom stereocenters. The number of piperazine rings is 1. The van der Waals surface area contributed by atoms with Gasteiger partial charge >= 0.3 is 0 Å². The predicted octanol–water partition coefficient (Wildman–Crippen LogP) is 4.26. The molecule has 2 saturated heterocycles. The molecule has 0 bridgehead atoms. The number of hydrogen-bond donors (Lipinski definition) is 4. The Kier molecular flexibility index (Phi) is 9.88. The number of amides is 4. The fourth-order valence-corrected chi connectivity index (χ4v) is 9.27. The number of carbonyl (C=O) groups excluding carboxylic acids is 5. The molecule has 6 heterocycles. The fraction of sp³-hybridized carbons (Fsp3) is 0.390. The van der Waals surface area contributed by atoms with E-state index in [-0.39, 0.29) is 45.9 Å². The summed E-state index contributed by atoms with van der Waals surface area (Å²) < 4.78 is 0.274. The number of H-pyrrole nitrogens is 2. The predicted molar refractivity (Wildman–Crippen MR) is 210 cm³/mol. The molecule has 4 aromatic rings. The van der Waals surface area contributed by atoms with E-state index in [1.165, 1.54) is 11.9 Å². The lowest BCUT2D eigenvalue weighted by molar-refractivity contribution is -0.137. The number of Topliss-reactive ketones (excluding diaryl/α,β-unsaturated/α-hetero) is 1. The van der Waals surface area contributed by atoms with Crippen molar-refractivity contribution in [2.75, 3.05) is 46.8 Å². The van der Waals surface area contributed by atoms with Gasteiger partial charge < -0.3 is 25.5 Å². The number of aryl methyl sites for hydroxylation is 2. The number of halogens is 1. The number of aromatic amines is 2. The van der Waals surface area contributed by atoms with E-state index in [9.17, 15) is 24.0 Å². The second-order valence-corrected chi connectivity index (χ2v) is 15.6. The zero-order chi connectivity index (χ0) is 37.7. The maximum absolute atomic E-state index is 14.1. The summed E-state index contributed by atoms with van der Waals surface area (Å²) in [6, 6.07) is 15.5. The van der Waals surface area contributed by atoms with E-state index in [1.54, 1.807) is 7.05 Å². The Labute approximate surface area is 321 Å². The third-order valence-electron chi connectivity index (χ3n) is 11.5. The zero-order valence-electron chi connectivity index (χ0n) is 30.5. The minimum Gasteiger partial charge on any atom is -0.360 e. The van der Waals surface area contributed by atoms with Crippen LogP contribution < -0.4 is 10.6 Å². The van der Waals surface area contributed by atoms with Gasteiger partial charge in [-0.25, -0.2) is 0 Å². The Morgan fingerprint density at radius 2 is 1.30 bits per heavy atom. The van der Waals surface area contributed by atoms with E-state index in [4.69, 9.17) is 0 Å². The quantitative estimate of drug-likeness (QED) is 0.123. The monoisotopic (exact) mass is 793 g/mol. The number of imide groups is 2. The fourth-order valence-electron chi connectivity index (χ4n) is 8.63. The lowest BCUT2D eigenvalue weighted by atomic mass is 9.94. The van der Waals surface area contributed by atoms with Crippen molar-refractivity contribution in [3.63, 3.8) is 0 Å². The standard InChI is InChI=1S/C41H44BrN7O5/c1-47-38(51)34(36(42)40(47)53)32-25-10-6-8-12-27(25)45-29(32)14-4-3-5-15-30-33(26-11-7-9-13-28(26)46-30)35-37(41(54)48(2)39(35)52)49-19-18-44-22-24(49)20-31(50)23-16-17-43-21-23/h6-13,23-24,43-46H,3-5,14-22H2,1-2H3. The van der Waals surface area contributed by atoms with Crippen molar-refractivity contribution < 1.29 is 24.0 Å². The number of carbonyl (C=O) groups is 5. The van der Waals surface area contributed by atoms with E-state index in [0.717, 1.165) is 81.4 Å². The summed E-state index contributed by atoms with van der Waals surface area (Å²) in [7, 11) is 3.04. The maximum Gasteiger partial charge on any atom is 0.277 e. The highest BCUT2D eigenvalue weighted by Gasteiger charge is 2.44. The molecule has 0 radical (unpaired) electrons. The van der Waals surface area contributed by atoms with Crippen LogP contribution in [0.3, 0.4) is 0 Å². The molecule has 0 aliphatic carbocycles. The molecule has 12 nitrogen and oxygen atoms in total. The highest BCUT2D eigenvalue weighted by atomic mass is 79.9. The maximum atomic E-state index is 14.1. The first-order valence-corrected chi connectivity index (χ1v) is 19.6. The zero-order valence-corrected chi connectivity index (χ0v) is 32.1. The molecule has 0 spiro atoms. The normalized spacial score (nSPS) is 21.1. The van der Waals surface area contributed by atoms with Crippen molar-refractivity contribution in [3.05, 3.63) is 81.2 Å². The van der Waals surface area contributed by atoms with Crippen LogP contribution in [0.25, 0.3) is 33.0 Å². The van der Waals surface area contributed by atoms with E-state index in [0.29, 0.717) is 62.3 Å². The summed E-state index contributed by atoms with van der Waals surface area (Å²) in [5.74, 6) is -1.18. The van der Waals surface area contributed by atoms with Crippen LogP contribution in [0.15, 0.2) is 58.7 Å². The molecule has 280 valence electrons. The van der Waals surface area contributed by atoms with Crippen LogP contribution in [0.2, 0.25) is 0 Å². The average molecular weight is 795 g/mol. The molecule has 54 heavy (non-hydrogen) atoms. The Morgan fingerprint density at radius 3 is 1.89 bits per heavy atom. The SMILES string of the molecule is CN1C(=O)C(Br)=C(c2c(CCCCCc3[nH]c4ccccc4c3C3=C(N4CCNCC4CC(=O)C4CCNC4)C(=O)N(C)C3=O)[nH]c3ccccc23)C1=O. The van der Waals surface area contributed by atoms with Gasteiger partial charge in [0.15, 0.2) is 0 Å². The highest BCUT2D eigenvalue weighted by Crippen LogP contribution is 2.40. The number of para-hydroxylation sites is 2. The molecule has 13 heteroatoms. The third-order valence-corrected chi connectivity index (χ3v) is 12.2. The van der Waals surface area contributed by atoms with Gasteiger partial charge in [0.2, 0.25) is 0 Å². The first-order chi connectivity index (χ1) is 26.2. The van der Waals surface area contributed by atoms with E-state index >= 15 is 0 Å². The first-order valence-electron chi connectivity index (χ1n) is 18.8. The Bertz CT molecular complexity index is 2280. The molecule has 4 N–H and O–H groups in total. The van der Waals surface area contributed by atoms with Crippen LogP contribution >= 0.6 is 15.9 Å². The Morgan fingerprint density at radius 1 is 0.722 bits per heavy atom. The van der Waals surface area contributed by atoms with Gasteiger partial charge in [0, 0.05) is 103 Å². The molecule has 0 saturated carbocycles. The number of unbranched alkanes of at least 4 members (excludes halogenated alkanes) is 2. The Balaban J connectivity index is 1.06. The number of aromatic nitrogens is 2. The van der Waals surface area contributed by atoms with Gasteiger partial charge in [0.05, 0.1) is 15.6 Å². The molecular formula is C41H44BrN7O5. The summed E-state index contributed by atoms with van der Waals surface area (Å²) in [5, 5.41) is 8.48. The van der Waals surface area contributed by atoms with Crippen molar-refractivity contribution in [2.24, 2.45) is 5.92 Å². The second-order valence-electron chi connectivity index (χ2n) is 14.8. The lowest BCUT2D eigenvalue weighted by Gasteiger charge is -2.38. The molecule has 2 unspecified atom stereocenters. The largest absolute Gasteiger partial charge is 0.360 e. The number of nitrogens with zero attached hydrogens (tertiary/aromatic N) is 3. The highest BCUT2D eigenvalue weighted by molar-refractivity contribution is 9.12. The first kappa shape index (κ1) is 36.1. The van der Waals surface area contributed by atoms with Gasteiger partial charge in [-0.1, -0.05) is 42.8 Å². The number of ketones is 1. The molecule has 4 aliphatic rings. The van der Waals surface area contributed by atoms with Crippen LogP contribution in [0, 0.1) is 5.92 Å². The summed E-state index contributed by atoms with van der Waals surface area (Å²) >= 11 is 3.40. The van der Waals surface area contributed by atoms with Crippen molar-refractivity contribution in [2.45, 2.75) is 51.0 Å². The van der Waals surface area contributed by atoms with Gasteiger partial charge in [-0.2, -0.15) is 0 Å². The number of likely N-dealkylation sites (N-methyl/N-ethyl adjacent to an activating group) is 2. The summed E-state index contributed by atoms with van der Waals surface area (Å²) in [4.78, 5) is 78.8. The third kappa shape index (κ3) is 6.21. The number of benzene rings is 2. The lowest BCUT2D eigenvalue weighted by Crippen LogP contribution is -2.53. The summed E-state index contributed by atoms with van der Waals surface area (Å²) in [6.45, 7) is 3.24. The smallest absolute Gasteiger partial charge is 0.277 e. The van der Waals surface area contributed by atoms with Crippen molar-refractivity contribution in [1.82, 2.24) is 35.3 Å². The van der Waals surface area contributed by atoms with Crippen LogP contribution in [-0.2, 0) is 36.8 Å². The topological polar surface area (TPSA) is 151 Å². The van der Waals surface area contributed by atoms with Crippen LogP contribution in [0.5, 0.6) is 0 Å². The molecular weight excluding hydrogens is 750 g/mol. The van der Waals surface area contributed by atoms with Crippen LogP contribution in [0.4, 0.5) is 0 Å². The second kappa shape index (κ2) is 14.8. The van der Waals surface area contributed by atoms with Gasteiger partial charge in [-0.3, -0.25) is 33.8 Å². The molecule has 8 rings (SSSR count). The van der Waals surface area contributed by atoms with Crippen molar-refractivity contribution >= 4 is 78.3 Å². The van der Waals surface area contributed by atoms with Gasteiger partial charge in [-0.05, 0) is 66.7 Å². The summed E-state index contributed by atoms with van der Waals surface area (Å²) in [5.41, 5.74) is 6.30. The molecule has 2 fully saturated rings. The molecule has 2 aromatic heterocycles. The van der Waals surface area contributed by atoms with Gasteiger partial charge in [-0.15, -0.1) is 0 Å². The van der Waals surface area contributed by atoms with Crippen molar-refractivity contribution in [3.8, 4) is 0 Å². The number of rotatable bonds is 12. The van der Waals surface area contributed by atoms with Gasteiger partial charge in [0.1, 0.15) is 11.5 Å². The van der Waals surface area contributed by atoms with E-state index < -0.39 is 0 Å². The van der Waals surface area contributed by atoms with Gasteiger partial charge in [0.25, 0.3) is 23.6 Å². The number of hydrogen-bond acceptors (Lipinski definition) is 8. The number of fused-ring (bicyclic) bond motifs is 2. The van der Waals surface area contributed by atoms with Crippen molar-refractivity contribution in [1.29, 1.82) is 0 Å². The van der Waals surface area contributed by atoms with Crippen LogP contribution in [-0.4, -0.2) is 107 Å². The van der Waals surface area contributed by atoms with E-state index in [2.05, 4.69) is 36.5 Å². The molecule has 4 aliphatic heterocycles. The minimum atomic E-state index is -0.352. The average Bonchev–Trinajstić information content (AvgIpc) is 3.99. The Hall–Kier alpha value is -4.85. The minimum absolute atomic E-state index is 0.0243.